The Kier molecular flexibility index (Phi) is 5.42. The van der Waals surface area contributed by atoms with Gasteiger partial charge in [-0.25, -0.2) is 4.79 Å². The van der Waals surface area contributed by atoms with Gasteiger partial charge in [-0.05, 0) is 42.0 Å². The number of aromatic nitrogens is 2. The smallest absolute Gasteiger partial charge is 0.337 e. The van der Waals surface area contributed by atoms with Gasteiger partial charge in [0.25, 0.3) is 11.5 Å². The van der Waals surface area contributed by atoms with Crippen molar-refractivity contribution in [2.24, 2.45) is 0 Å². The van der Waals surface area contributed by atoms with Crippen LogP contribution >= 0.6 is 35.2 Å². The van der Waals surface area contributed by atoms with Crippen LogP contribution in [0.3, 0.4) is 0 Å². The number of ether oxygens (including phenoxy) is 1. The van der Waals surface area contributed by atoms with Crippen molar-refractivity contribution in [3.63, 3.8) is 0 Å². The Bertz CT molecular complexity index is 1440. The van der Waals surface area contributed by atoms with Crippen molar-refractivity contribution in [1.82, 2.24) is 14.7 Å². The second-order valence-electron chi connectivity index (χ2n) is 6.33. The van der Waals surface area contributed by atoms with Crippen molar-refractivity contribution < 1.29 is 14.3 Å². The van der Waals surface area contributed by atoms with Gasteiger partial charge in [-0.15, -0.1) is 0 Å². The lowest BCUT2D eigenvalue weighted by Gasteiger charge is -2.07. The summed E-state index contributed by atoms with van der Waals surface area (Å²) >= 11 is 12.6. The zero-order valence-electron chi connectivity index (χ0n) is 15.5. The molecule has 2 aromatic carbocycles. The molecule has 2 aromatic heterocycles. The Morgan fingerprint density at radius 1 is 1.27 bits per heavy atom. The van der Waals surface area contributed by atoms with E-state index in [0.29, 0.717) is 19.9 Å². The summed E-state index contributed by atoms with van der Waals surface area (Å²) in [5.41, 5.74) is 1.33. The quantitative estimate of drug-likeness (QED) is 0.356. The molecule has 0 saturated carbocycles. The molecule has 0 aliphatic rings. The molecule has 7 nitrogen and oxygen atoms in total. The van der Waals surface area contributed by atoms with Crippen LogP contribution < -0.4 is 10.9 Å². The van der Waals surface area contributed by atoms with Gasteiger partial charge in [0, 0.05) is 11.6 Å². The maximum atomic E-state index is 12.8. The summed E-state index contributed by atoms with van der Waals surface area (Å²) in [7, 11) is 1.28. The molecule has 1 amide bonds. The van der Waals surface area contributed by atoms with E-state index in [-0.39, 0.29) is 22.6 Å². The number of hydrogen-bond donors (Lipinski definition) is 2. The number of esters is 1. The first-order valence-electron chi connectivity index (χ1n) is 8.72. The van der Waals surface area contributed by atoms with E-state index in [1.807, 2.05) is 12.1 Å². The van der Waals surface area contributed by atoms with Gasteiger partial charge in [-0.2, -0.15) is 0 Å². The van der Waals surface area contributed by atoms with Gasteiger partial charge < -0.3 is 15.0 Å². The maximum absolute atomic E-state index is 12.8. The number of halogens is 1. The monoisotopic (exact) mass is 459 g/mol. The van der Waals surface area contributed by atoms with Crippen LogP contribution in [0.2, 0.25) is 5.02 Å². The highest BCUT2D eigenvalue weighted by molar-refractivity contribution is 7.73. The van der Waals surface area contributed by atoms with E-state index in [4.69, 9.17) is 28.6 Å². The fourth-order valence-corrected chi connectivity index (χ4v) is 4.59. The summed E-state index contributed by atoms with van der Waals surface area (Å²) in [5, 5.41) is 3.68. The number of fused-ring (bicyclic) bond motifs is 3. The van der Waals surface area contributed by atoms with E-state index >= 15 is 0 Å². The molecular formula is C20H14ClN3O4S2. The van der Waals surface area contributed by atoms with Gasteiger partial charge in [0.15, 0.2) is 3.95 Å². The first kappa shape index (κ1) is 20.3. The van der Waals surface area contributed by atoms with Crippen LogP contribution in [0.25, 0.3) is 16.6 Å². The Labute approximate surface area is 183 Å². The average molecular weight is 460 g/mol. The molecule has 10 heteroatoms. The van der Waals surface area contributed by atoms with Gasteiger partial charge in [0.1, 0.15) is 10.5 Å². The number of benzene rings is 2. The Morgan fingerprint density at radius 2 is 2.03 bits per heavy atom. The number of aromatic amines is 1. The number of carbonyl (C=O) groups excluding carboxylic acids is 2. The fourth-order valence-electron chi connectivity index (χ4n) is 3.09. The highest BCUT2D eigenvalue weighted by Gasteiger charge is 2.19. The maximum Gasteiger partial charge on any atom is 0.337 e. The van der Waals surface area contributed by atoms with E-state index in [1.54, 1.807) is 16.5 Å². The van der Waals surface area contributed by atoms with Crippen LogP contribution in [0.1, 0.15) is 25.6 Å². The number of rotatable bonds is 4. The van der Waals surface area contributed by atoms with E-state index in [1.165, 1.54) is 25.3 Å². The van der Waals surface area contributed by atoms with Crippen molar-refractivity contribution in [3.05, 3.63) is 77.8 Å². The summed E-state index contributed by atoms with van der Waals surface area (Å²) in [6, 6.07) is 11.7. The van der Waals surface area contributed by atoms with Crippen LogP contribution in [-0.4, -0.2) is 28.4 Å². The molecule has 4 aromatic rings. The Morgan fingerprint density at radius 3 is 2.77 bits per heavy atom. The molecule has 4 rings (SSSR count). The van der Waals surface area contributed by atoms with Crippen LogP contribution in [0.15, 0.2) is 47.3 Å². The number of methoxy groups -OCH3 is 1. The molecule has 0 spiro atoms. The number of thiazole rings is 1. The molecule has 0 fully saturated rings. The third kappa shape index (κ3) is 3.51. The van der Waals surface area contributed by atoms with Gasteiger partial charge in [0.05, 0.1) is 23.6 Å². The predicted octanol–water partition coefficient (Wildman–Crippen LogP) is 3.94. The van der Waals surface area contributed by atoms with Crippen LogP contribution in [0.4, 0.5) is 0 Å². The van der Waals surface area contributed by atoms with E-state index < -0.39 is 17.4 Å². The summed E-state index contributed by atoms with van der Waals surface area (Å²) < 4.78 is 6.69. The first-order valence-corrected chi connectivity index (χ1v) is 10.3. The molecule has 0 unspecified atom stereocenters. The number of hydrogen-bond acceptors (Lipinski definition) is 6. The lowest BCUT2D eigenvalue weighted by Crippen LogP contribution is -2.23. The summed E-state index contributed by atoms with van der Waals surface area (Å²) in [5.74, 6) is -0.933. The lowest BCUT2D eigenvalue weighted by molar-refractivity contribution is 0.0600. The summed E-state index contributed by atoms with van der Waals surface area (Å²) in [6.07, 6.45) is 0. The molecule has 0 aliphatic carbocycles. The minimum absolute atomic E-state index is 0.222. The van der Waals surface area contributed by atoms with Crippen molar-refractivity contribution in [2.45, 2.75) is 6.54 Å². The van der Waals surface area contributed by atoms with Crippen molar-refractivity contribution in [1.29, 1.82) is 0 Å². The highest BCUT2D eigenvalue weighted by atomic mass is 35.5. The molecule has 0 saturated heterocycles. The van der Waals surface area contributed by atoms with Gasteiger partial charge in [-0.3, -0.25) is 14.0 Å². The molecular weight excluding hydrogens is 446 g/mol. The number of carbonyl (C=O) groups is 2. The van der Waals surface area contributed by atoms with Crippen LogP contribution in [-0.2, 0) is 11.3 Å². The first-order chi connectivity index (χ1) is 14.4. The number of nitrogens with one attached hydrogen (secondary N) is 2. The van der Waals surface area contributed by atoms with Crippen molar-refractivity contribution >= 4 is 63.6 Å². The summed E-state index contributed by atoms with van der Waals surface area (Å²) in [4.78, 5) is 40.3. The average Bonchev–Trinajstić information content (AvgIpc) is 3.08. The van der Waals surface area contributed by atoms with E-state index in [0.717, 1.165) is 16.9 Å². The SMILES string of the molecule is COC(=O)c1ccc2c(=O)[nH]c3c(C(=O)NCc4ccccc4Cl)sc(=S)n3c2c1. The predicted molar refractivity (Wildman–Crippen MR) is 118 cm³/mol. The lowest BCUT2D eigenvalue weighted by atomic mass is 10.1. The molecule has 152 valence electrons. The van der Waals surface area contributed by atoms with Crippen LogP contribution in [0.5, 0.6) is 0 Å². The van der Waals surface area contributed by atoms with Crippen molar-refractivity contribution in [2.75, 3.05) is 7.11 Å². The van der Waals surface area contributed by atoms with Gasteiger partial charge in [0.2, 0.25) is 0 Å². The Balaban J connectivity index is 1.81. The highest BCUT2D eigenvalue weighted by Crippen LogP contribution is 2.24. The molecule has 0 atom stereocenters. The van der Waals surface area contributed by atoms with E-state index in [9.17, 15) is 14.4 Å². The standard InChI is InChI=1S/C20H14ClN3O4S2/c1-28-19(27)10-6-7-12-14(8-10)24-16(23-17(12)25)15(30-20(24)29)18(26)22-9-11-4-2-3-5-13(11)21/h2-8H,9H2,1H3,(H,22,26)(H,23,25). The zero-order valence-corrected chi connectivity index (χ0v) is 17.9. The third-order valence-electron chi connectivity index (χ3n) is 4.55. The topological polar surface area (TPSA) is 92.7 Å². The second kappa shape index (κ2) is 8.02. The van der Waals surface area contributed by atoms with Gasteiger partial charge in [-0.1, -0.05) is 41.1 Å². The van der Waals surface area contributed by atoms with Crippen molar-refractivity contribution in [3.8, 4) is 0 Å². The minimum Gasteiger partial charge on any atom is -0.465 e. The second-order valence-corrected chi connectivity index (χ2v) is 8.38. The molecule has 0 radical (unpaired) electrons. The minimum atomic E-state index is -0.537. The molecule has 30 heavy (non-hydrogen) atoms. The van der Waals surface area contributed by atoms with E-state index in [2.05, 4.69) is 10.3 Å². The molecule has 0 aliphatic heterocycles. The number of amides is 1. The normalized spacial score (nSPS) is 11.0. The fraction of sp³-hybridized carbons (Fsp3) is 0.100. The zero-order chi connectivity index (χ0) is 21.4. The number of nitrogens with zero attached hydrogens (tertiary/aromatic N) is 1. The van der Waals surface area contributed by atoms with Crippen LogP contribution in [0, 0.1) is 3.95 Å². The third-order valence-corrected chi connectivity index (χ3v) is 6.29. The largest absolute Gasteiger partial charge is 0.465 e. The molecule has 0 bridgehead atoms. The molecule has 2 N–H and O–H groups in total. The summed E-state index contributed by atoms with van der Waals surface area (Å²) in [6.45, 7) is 0.222. The molecule has 2 heterocycles. The number of H-pyrrole nitrogens is 1. The Hall–Kier alpha value is -3.01. The van der Waals surface area contributed by atoms with Gasteiger partial charge >= 0.3 is 5.97 Å².